The zero-order valence-corrected chi connectivity index (χ0v) is 20.2. The van der Waals surface area contributed by atoms with Gasteiger partial charge in [0.1, 0.15) is 12.4 Å². The van der Waals surface area contributed by atoms with E-state index in [0.29, 0.717) is 22.6 Å². The number of sulfonamides is 1. The molecular weight excluding hydrogens is 537 g/mol. The molecule has 15 heteroatoms. The molecule has 37 heavy (non-hydrogen) atoms. The van der Waals surface area contributed by atoms with Crippen LogP contribution in [0.4, 0.5) is 29.5 Å². The summed E-state index contributed by atoms with van der Waals surface area (Å²) in [6.07, 6.45) is 1.32. The minimum atomic E-state index is -5.58. The Hall–Kier alpha value is -3.98. The molecule has 0 bridgehead atoms. The molecule has 0 saturated carbocycles. The number of amides is 3. The fourth-order valence-electron chi connectivity index (χ4n) is 3.48. The quantitative estimate of drug-likeness (QED) is 0.444. The lowest BCUT2D eigenvalue weighted by atomic mass is 10.2. The predicted octanol–water partition coefficient (Wildman–Crippen LogP) is 3.14. The van der Waals surface area contributed by atoms with Crippen LogP contribution in [0.2, 0.25) is 0 Å². The van der Waals surface area contributed by atoms with Gasteiger partial charge < -0.3 is 4.90 Å². The first-order valence-corrected chi connectivity index (χ1v) is 13.3. The van der Waals surface area contributed by atoms with Crippen molar-refractivity contribution in [2.24, 2.45) is 0 Å². The number of hydrogen-bond donors (Lipinski definition) is 1. The van der Waals surface area contributed by atoms with Crippen molar-refractivity contribution >= 4 is 43.3 Å². The maximum atomic E-state index is 12.9. The number of urea groups is 1. The third-order valence-electron chi connectivity index (χ3n) is 5.24. The van der Waals surface area contributed by atoms with Gasteiger partial charge in [-0.05, 0) is 54.1 Å². The van der Waals surface area contributed by atoms with E-state index in [9.17, 15) is 39.6 Å². The maximum absolute atomic E-state index is 12.9. The zero-order chi connectivity index (χ0) is 27.0. The van der Waals surface area contributed by atoms with Gasteiger partial charge in [-0.3, -0.25) is 9.52 Å². The summed E-state index contributed by atoms with van der Waals surface area (Å²) in [4.78, 5) is 30.2. The van der Waals surface area contributed by atoms with Crippen molar-refractivity contribution in [3.63, 3.8) is 0 Å². The first-order chi connectivity index (χ1) is 17.3. The second-order valence-corrected chi connectivity index (χ2v) is 11.4. The molecule has 2 heterocycles. The van der Waals surface area contributed by atoms with Gasteiger partial charge in [0, 0.05) is 12.7 Å². The number of alkyl halides is 3. The van der Waals surface area contributed by atoms with Gasteiger partial charge in [-0.2, -0.15) is 13.2 Å². The minimum Gasteiger partial charge on any atom is -0.310 e. The van der Waals surface area contributed by atoms with E-state index in [1.165, 1.54) is 30.5 Å². The number of aromatic nitrogens is 1. The van der Waals surface area contributed by atoms with Crippen LogP contribution in [0.3, 0.4) is 0 Å². The first kappa shape index (κ1) is 26.1. The monoisotopic (exact) mass is 554 g/mol. The molecule has 0 atom stereocenters. The summed E-state index contributed by atoms with van der Waals surface area (Å²) in [5.74, 6) is -0.701. The van der Waals surface area contributed by atoms with E-state index in [4.69, 9.17) is 0 Å². The molecule has 3 aromatic rings. The van der Waals surface area contributed by atoms with E-state index < -0.39 is 42.2 Å². The van der Waals surface area contributed by atoms with Crippen LogP contribution < -0.4 is 9.62 Å². The van der Waals surface area contributed by atoms with Gasteiger partial charge in [-0.1, -0.05) is 18.2 Å². The first-order valence-electron chi connectivity index (χ1n) is 10.4. The van der Waals surface area contributed by atoms with Crippen molar-refractivity contribution in [1.82, 2.24) is 9.88 Å². The average molecular weight is 555 g/mol. The van der Waals surface area contributed by atoms with Crippen molar-refractivity contribution in [1.29, 1.82) is 0 Å². The van der Waals surface area contributed by atoms with Crippen LogP contribution in [0, 0.1) is 0 Å². The zero-order valence-electron chi connectivity index (χ0n) is 18.6. The number of rotatable bonds is 7. The second kappa shape index (κ2) is 9.48. The van der Waals surface area contributed by atoms with Gasteiger partial charge >= 0.3 is 11.5 Å². The Kier molecular flexibility index (Phi) is 6.68. The molecule has 0 spiro atoms. The molecule has 1 fully saturated rings. The molecular formula is C22H17F3N4O6S2. The van der Waals surface area contributed by atoms with Crippen LogP contribution in [0.1, 0.15) is 5.56 Å². The van der Waals surface area contributed by atoms with Crippen molar-refractivity contribution < 1.29 is 39.6 Å². The summed E-state index contributed by atoms with van der Waals surface area (Å²) < 4.78 is 88.7. The number of halogens is 3. The highest BCUT2D eigenvalue weighted by Gasteiger charge is 2.47. The van der Waals surface area contributed by atoms with Crippen molar-refractivity contribution in [3.05, 3.63) is 78.5 Å². The van der Waals surface area contributed by atoms with Gasteiger partial charge in [-0.15, -0.1) is 0 Å². The van der Waals surface area contributed by atoms with Crippen LogP contribution in [-0.2, 0) is 31.2 Å². The van der Waals surface area contributed by atoms with Crippen LogP contribution in [0.25, 0.3) is 0 Å². The van der Waals surface area contributed by atoms with Gasteiger partial charge in [0.25, 0.3) is 25.8 Å². The Labute approximate surface area is 209 Å². The number of benzene rings is 2. The minimum absolute atomic E-state index is 0.0161. The molecule has 1 N–H and O–H groups in total. The summed E-state index contributed by atoms with van der Waals surface area (Å²) in [5.41, 5.74) is -5.16. The van der Waals surface area contributed by atoms with E-state index in [1.807, 2.05) is 0 Å². The Bertz CT molecular complexity index is 1560. The van der Waals surface area contributed by atoms with Crippen molar-refractivity contribution in [2.75, 3.05) is 16.2 Å². The Morgan fingerprint density at radius 1 is 0.892 bits per heavy atom. The van der Waals surface area contributed by atoms with Crippen LogP contribution in [0.5, 0.6) is 0 Å². The van der Waals surface area contributed by atoms with Crippen LogP contribution in [-0.4, -0.2) is 50.7 Å². The molecule has 194 valence electrons. The molecule has 0 unspecified atom stereocenters. The predicted molar refractivity (Wildman–Crippen MR) is 124 cm³/mol. The van der Waals surface area contributed by atoms with E-state index in [0.717, 1.165) is 17.0 Å². The molecule has 4 rings (SSSR count). The Morgan fingerprint density at radius 3 is 2.16 bits per heavy atom. The molecule has 1 aliphatic heterocycles. The number of sulfone groups is 1. The molecule has 0 aliphatic carbocycles. The molecule has 1 aromatic heterocycles. The maximum Gasteiger partial charge on any atom is 0.501 e. The summed E-state index contributed by atoms with van der Waals surface area (Å²) >= 11 is 0. The smallest absolute Gasteiger partial charge is 0.310 e. The Balaban J connectivity index is 1.49. The molecule has 1 aliphatic rings. The summed E-state index contributed by atoms with van der Waals surface area (Å²) in [7, 11) is -9.50. The highest BCUT2D eigenvalue weighted by Crippen LogP contribution is 2.32. The number of nitrogens with one attached hydrogen (secondary N) is 1. The van der Waals surface area contributed by atoms with Gasteiger partial charge in [-0.25, -0.2) is 31.5 Å². The Morgan fingerprint density at radius 2 is 1.54 bits per heavy atom. The van der Waals surface area contributed by atoms with E-state index >= 15 is 0 Å². The van der Waals surface area contributed by atoms with Gasteiger partial charge in [0.2, 0.25) is 0 Å². The lowest BCUT2D eigenvalue weighted by molar-refractivity contribution is -0.116. The number of imide groups is 1. The third-order valence-corrected chi connectivity index (χ3v) is 8.11. The number of nitrogens with zero attached hydrogens (tertiary/aromatic N) is 3. The molecule has 10 nitrogen and oxygen atoms in total. The number of anilines is 2. The normalized spacial score (nSPS) is 14.8. The number of hydrogen-bond acceptors (Lipinski definition) is 7. The largest absolute Gasteiger partial charge is 0.501 e. The number of pyridine rings is 1. The number of carbonyl (C=O) groups is 2. The summed E-state index contributed by atoms with van der Waals surface area (Å²) in [6.45, 7) is -0.473. The SMILES string of the molecule is O=C1CN(Cc2ccnc(NS(=O)(=O)c3ccccc3)c2)C(=O)N1c1ccc(S(=O)(=O)C(F)(F)F)cc1. The van der Waals surface area contributed by atoms with Crippen LogP contribution >= 0.6 is 0 Å². The van der Waals surface area contributed by atoms with Crippen molar-refractivity contribution in [3.8, 4) is 0 Å². The highest BCUT2D eigenvalue weighted by atomic mass is 32.2. The molecule has 2 aromatic carbocycles. The standard InChI is InChI=1S/C22H17F3N4O6S2/c23-22(24,25)36(32,33)17-8-6-16(7-9-17)29-20(30)14-28(21(29)31)13-15-10-11-26-19(12-15)27-37(34,35)18-4-2-1-3-5-18/h1-12H,13-14H2,(H,26,27). The van der Waals surface area contributed by atoms with Gasteiger partial charge in [0.15, 0.2) is 0 Å². The van der Waals surface area contributed by atoms with Crippen molar-refractivity contribution in [2.45, 2.75) is 21.8 Å². The van der Waals surface area contributed by atoms with Crippen LogP contribution in [0.15, 0.2) is 82.7 Å². The van der Waals surface area contributed by atoms with E-state index in [-0.39, 0.29) is 29.5 Å². The lowest BCUT2D eigenvalue weighted by Crippen LogP contribution is -2.32. The fourth-order valence-corrected chi connectivity index (χ4v) is 5.26. The third kappa shape index (κ3) is 5.27. The fraction of sp³-hybridized carbons (Fsp3) is 0.136. The molecule has 3 amide bonds. The highest BCUT2D eigenvalue weighted by molar-refractivity contribution is 7.92. The summed E-state index contributed by atoms with van der Waals surface area (Å²) in [6, 6.07) is 12.9. The van der Waals surface area contributed by atoms with E-state index in [1.54, 1.807) is 18.2 Å². The van der Waals surface area contributed by atoms with Gasteiger partial charge in [0.05, 0.1) is 15.5 Å². The topological polar surface area (TPSA) is 134 Å². The molecule has 1 saturated heterocycles. The average Bonchev–Trinajstić information content (AvgIpc) is 3.11. The summed E-state index contributed by atoms with van der Waals surface area (Å²) in [5, 5.41) is 0. The number of carbonyl (C=O) groups excluding carboxylic acids is 2. The second-order valence-electron chi connectivity index (χ2n) is 7.78. The van der Waals surface area contributed by atoms with E-state index in [2.05, 4.69) is 9.71 Å². The molecule has 0 radical (unpaired) electrons. The lowest BCUT2D eigenvalue weighted by Gasteiger charge is -2.18.